The number of hydrogen-bond donors (Lipinski definition) is 2. The van der Waals surface area contributed by atoms with Gasteiger partial charge in [0.1, 0.15) is 0 Å². The first kappa shape index (κ1) is 20.0. The number of nitrogens with one attached hydrogen (secondary N) is 2. The summed E-state index contributed by atoms with van der Waals surface area (Å²) >= 11 is 0. The van der Waals surface area contributed by atoms with E-state index >= 15 is 0 Å². The van der Waals surface area contributed by atoms with Crippen molar-refractivity contribution in [1.82, 2.24) is 0 Å². The van der Waals surface area contributed by atoms with Gasteiger partial charge in [-0.05, 0) is 34.4 Å². The summed E-state index contributed by atoms with van der Waals surface area (Å²) in [6.07, 6.45) is 0. The van der Waals surface area contributed by atoms with Gasteiger partial charge in [0, 0.05) is 27.5 Å². The largest absolute Gasteiger partial charge is 0.325 e. The topological polar surface area (TPSA) is 36.4 Å². The van der Waals surface area contributed by atoms with E-state index in [9.17, 15) is 0 Å². The Bertz CT molecular complexity index is 1570. The highest BCUT2D eigenvalue weighted by atomic mass is 15.2. The van der Waals surface area contributed by atoms with Crippen molar-refractivity contribution in [2.75, 3.05) is 10.6 Å². The molecule has 0 spiro atoms. The molecule has 34 heavy (non-hydrogen) atoms. The molecule has 3 heteroatoms. The van der Waals surface area contributed by atoms with Gasteiger partial charge < -0.3 is 10.6 Å². The fourth-order valence-corrected chi connectivity index (χ4v) is 4.44. The molecule has 3 nitrogen and oxygen atoms in total. The van der Waals surface area contributed by atoms with E-state index in [1.165, 1.54) is 16.2 Å². The van der Waals surface area contributed by atoms with Gasteiger partial charge in [-0.2, -0.15) is 0 Å². The van der Waals surface area contributed by atoms with Crippen LogP contribution in [0.4, 0.5) is 17.1 Å². The van der Waals surface area contributed by atoms with Crippen LogP contribution < -0.4 is 10.6 Å². The van der Waals surface area contributed by atoms with Crippen molar-refractivity contribution in [1.29, 1.82) is 0 Å². The van der Waals surface area contributed by atoms with Crippen LogP contribution >= 0.6 is 0 Å². The molecule has 0 aromatic heterocycles. The van der Waals surface area contributed by atoms with Gasteiger partial charge in [0.25, 0.3) is 0 Å². The summed E-state index contributed by atoms with van der Waals surface area (Å²) in [6.45, 7) is 0. The minimum atomic E-state index is 0.670. The Balaban J connectivity index is 1.49. The maximum atomic E-state index is 5.09. The highest BCUT2D eigenvalue weighted by Gasteiger charge is 2.09. The van der Waals surface area contributed by atoms with Crippen molar-refractivity contribution in [3.05, 3.63) is 127 Å². The van der Waals surface area contributed by atoms with Crippen LogP contribution in [0.2, 0.25) is 0 Å². The highest BCUT2D eigenvalue weighted by Crippen LogP contribution is 2.29. The van der Waals surface area contributed by atoms with Gasteiger partial charge in [0.2, 0.25) is 5.96 Å². The number of rotatable bonds is 3. The van der Waals surface area contributed by atoms with Crippen LogP contribution in [0.3, 0.4) is 0 Å². The molecule has 0 radical (unpaired) electrons. The van der Waals surface area contributed by atoms with Gasteiger partial charge in [-0.3, -0.25) is 0 Å². The van der Waals surface area contributed by atoms with E-state index in [-0.39, 0.29) is 0 Å². The fraction of sp³-hybridized carbons (Fsp3) is 0. The van der Waals surface area contributed by atoms with Crippen molar-refractivity contribution in [3.8, 4) is 0 Å². The van der Waals surface area contributed by atoms with E-state index < -0.39 is 0 Å². The molecule has 0 amide bonds. The quantitative estimate of drug-likeness (QED) is 0.215. The predicted molar refractivity (Wildman–Crippen MR) is 146 cm³/mol. The van der Waals surface area contributed by atoms with Gasteiger partial charge in [-0.15, -0.1) is 0 Å². The lowest BCUT2D eigenvalue weighted by molar-refractivity contribution is 1.49. The second-order valence-corrected chi connectivity index (χ2v) is 8.26. The van der Waals surface area contributed by atoms with E-state index in [2.05, 4.69) is 138 Å². The first-order valence-corrected chi connectivity index (χ1v) is 11.4. The SMILES string of the molecule is c1ccc2c(N=C(Nc3cccc4ccccc34)Nc3cccc4ccccc34)cccc2c1. The number of anilines is 2. The first-order chi connectivity index (χ1) is 16.8. The molecule has 0 heterocycles. The lowest BCUT2D eigenvalue weighted by Crippen LogP contribution is -2.22. The molecule has 2 N–H and O–H groups in total. The Morgan fingerprint density at radius 1 is 0.412 bits per heavy atom. The number of hydrogen-bond acceptors (Lipinski definition) is 1. The van der Waals surface area contributed by atoms with Crippen LogP contribution in [0, 0.1) is 0 Å². The van der Waals surface area contributed by atoms with E-state index in [4.69, 9.17) is 4.99 Å². The molecule has 0 aliphatic rings. The summed E-state index contributed by atoms with van der Waals surface area (Å²) in [5.41, 5.74) is 2.92. The molecule has 0 bridgehead atoms. The van der Waals surface area contributed by atoms with E-state index in [0.717, 1.165) is 33.2 Å². The Labute approximate surface area is 198 Å². The van der Waals surface area contributed by atoms with Gasteiger partial charge in [0.15, 0.2) is 0 Å². The lowest BCUT2D eigenvalue weighted by Gasteiger charge is -2.16. The normalized spacial score (nSPS) is 10.9. The van der Waals surface area contributed by atoms with Crippen molar-refractivity contribution < 1.29 is 0 Å². The van der Waals surface area contributed by atoms with Crippen molar-refractivity contribution >= 4 is 55.3 Å². The molecule has 6 aromatic carbocycles. The highest BCUT2D eigenvalue weighted by molar-refractivity contribution is 6.13. The monoisotopic (exact) mass is 437 g/mol. The first-order valence-electron chi connectivity index (χ1n) is 11.4. The molecule has 0 saturated heterocycles. The van der Waals surface area contributed by atoms with Crippen LogP contribution in [0.15, 0.2) is 132 Å². The Morgan fingerprint density at radius 2 is 0.824 bits per heavy atom. The van der Waals surface area contributed by atoms with Gasteiger partial charge in [-0.1, -0.05) is 109 Å². The molecule has 0 saturated carbocycles. The zero-order chi connectivity index (χ0) is 22.7. The molecule has 0 aliphatic carbocycles. The van der Waals surface area contributed by atoms with Gasteiger partial charge >= 0.3 is 0 Å². The second kappa shape index (κ2) is 8.72. The summed E-state index contributed by atoms with van der Waals surface area (Å²) < 4.78 is 0. The molecular formula is C31H23N3. The summed E-state index contributed by atoms with van der Waals surface area (Å²) in [5, 5.41) is 14.1. The van der Waals surface area contributed by atoms with Crippen molar-refractivity contribution in [2.45, 2.75) is 0 Å². The summed E-state index contributed by atoms with van der Waals surface area (Å²) in [5.74, 6) is 0.670. The third-order valence-electron chi connectivity index (χ3n) is 6.08. The Morgan fingerprint density at radius 3 is 1.38 bits per heavy atom. The number of guanidine groups is 1. The smallest absolute Gasteiger partial charge is 0.205 e. The number of fused-ring (bicyclic) bond motifs is 3. The third-order valence-corrected chi connectivity index (χ3v) is 6.08. The maximum absolute atomic E-state index is 5.09. The standard InChI is InChI=1S/C31H23N3/c1-4-16-25-22(10-1)13-7-19-28(25)32-31(33-29-20-8-14-23-11-2-5-17-26(23)29)34-30-21-9-15-24-12-3-6-18-27(24)30/h1-21H,(H2,32,33,34). The molecule has 0 unspecified atom stereocenters. The summed E-state index contributed by atoms with van der Waals surface area (Å²) in [7, 11) is 0. The predicted octanol–water partition coefficient (Wildman–Crippen LogP) is 8.36. The van der Waals surface area contributed by atoms with Crippen LogP contribution in [-0.2, 0) is 0 Å². The number of benzene rings is 6. The van der Waals surface area contributed by atoms with Gasteiger partial charge in [0.05, 0.1) is 5.69 Å². The maximum Gasteiger partial charge on any atom is 0.205 e. The zero-order valence-corrected chi connectivity index (χ0v) is 18.6. The minimum absolute atomic E-state index is 0.670. The molecule has 6 aromatic rings. The Hall–Kier alpha value is -4.63. The summed E-state index contributed by atoms with van der Waals surface area (Å²) in [4.78, 5) is 5.09. The van der Waals surface area contributed by atoms with E-state index in [1.54, 1.807) is 0 Å². The molecule has 0 aliphatic heterocycles. The zero-order valence-electron chi connectivity index (χ0n) is 18.6. The van der Waals surface area contributed by atoms with Crippen molar-refractivity contribution in [2.24, 2.45) is 4.99 Å². The fourth-order valence-electron chi connectivity index (χ4n) is 4.44. The lowest BCUT2D eigenvalue weighted by atomic mass is 10.1. The number of nitrogens with zero attached hydrogens (tertiary/aromatic N) is 1. The van der Waals surface area contributed by atoms with Crippen LogP contribution in [0.5, 0.6) is 0 Å². The average Bonchev–Trinajstić information content (AvgIpc) is 2.89. The molecule has 0 atom stereocenters. The number of aliphatic imine (C=N–C) groups is 1. The average molecular weight is 438 g/mol. The molecule has 6 rings (SSSR count). The molecule has 162 valence electrons. The minimum Gasteiger partial charge on any atom is -0.325 e. The third kappa shape index (κ3) is 3.84. The van der Waals surface area contributed by atoms with E-state index in [0.29, 0.717) is 5.96 Å². The molecule has 0 fully saturated rings. The van der Waals surface area contributed by atoms with Crippen molar-refractivity contribution in [3.63, 3.8) is 0 Å². The van der Waals surface area contributed by atoms with Crippen LogP contribution in [0.1, 0.15) is 0 Å². The second-order valence-electron chi connectivity index (χ2n) is 8.26. The summed E-state index contributed by atoms with van der Waals surface area (Å²) in [6, 6.07) is 43.9. The van der Waals surface area contributed by atoms with Crippen LogP contribution in [-0.4, -0.2) is 5.96 Å². The van der Waals surface area contributed by atoms with Crippen LogP contribution in [0.25, 0.3) is 32.3 Å². The van der Waals surface area contributed by atoms with E-state index in [1.807, 2.05) is 0 Å². The van der Waals surface area contributed by atoms with Gasteiger partial charge in [-0.25, -0.2) is 4.99 Å². The Kier molecular flexibility index (Phi) is 5.13. The molecular weight excluding hydrogens is 414 g/mol.